The molecule has 1 aliphatic carbocycles. The highest BCUT2D eigenvalue weighted by atomic mass is 19.3. The second-order valence-electron chi connectivity index (χ2n) is 7.06. The highest BCUT2D eigenvalue weighted by Crippen LogP contribution is 2.41. The second-order valence-corrected chi connectivity index (χ2v) is 7.06. The topological polar surface area (TPSA) is 0 Å². The maximum atomic E-state index is 14.5. The number of hydrogen-bond donors (Lipinski definition) is 0. The van der Waals surface area contributed by atoms with Gasteiger partial charge in [-0.3, -0.25) is 0 Å². The lowest BCUT2D eigenvalue weighted by Crippen LogP contribution is -2.24. The van der Waals surface area contributed by atoms with Gasteiger partial charge in [-0.2, -0.15) is 0 Å². The molecule has 152 valence electrons. The lowest BCUT2D eigenvalue weighted by molar-refractivity contribution is -0.0384. The molecule has 0 nitrogen and oxygen atoms in total. The zero-order valence-corrected chi connectivity index (χ0v) is 15.6. The van der Waals surface area contributed by atoms with Crippen molar-refractivity contribution in [3.8, 4) is 11.8 Å². The highest BCUT2D eigenvalue weighted by Gasteiger charge is 2.36. The molecule has 0 N–H and O–H groups in total. The van der Waals surface area contributed by atoms with Gasteiger partial charge >= 0.3 is 0 Å². The first-order valence-corrected chi connectivity index (χ1v) is 9.21. The summed E-state index contributed by atoms with van der Waals surface area (Å²) in [5, 5.41) is 0. The van der Waals surface area contributed by atoms with Crippen LogP contribution >= 0.6 is 0 Å². The van der Waals surface area contributed by atoms with E-state index in [0.717, 1.165) is 12.1 Å². The van der Waals surface area contributed by atoms with Crippen LogP contribution in [-0.2, 0) is 0 Å². The molecule has 6 heteroatoms. The van der Waals surface area contributed by atoms with E-state index in [2.05, 4.69) is 11.8 Å². The van der Waals surface area contributed by atoms with Gasteiger partial charge in [-0.1, -0.05) is 30.1 Å². The van der Waals surface area contributed by atoms with Crippen molar-refractivity contribution in [3.05, 3.63) is 75.9 Å². The molecule has 0 atom stereocenters. The Hall–Kier alpha value is -2.68. The lowest BCUT2D eigenvalue weighted by atomic mass is 9.82. The Morgan fingerprint density at radius 3 is 2.14 bits per heavy atom. The first kappa shape index (κ1) is 21.0. The standard InChI is InChI=1S/C23H18F6/c1-2-3-18-19(24)12-14(13-20(18)25)4-5-16-6-7-17(22(27)21(16)26)15-8-10-23(28,29)11-9-15/h2-3,6-7,12-13,15H,8-11H2,1H3/b3-2+. The number of rotatable bonds is 2. The van der Waals surface area contributed by atoms with Gasteiger partial charge in [0.15, 0.2) is 11.6 Å². The van der Waals surface area contributed by atoms with E-state index in [1.54, 1.807) is 6.92 Å². The van der Waals surface area contributed by atoms with Crippen LogP contribution in [0.5, 0.6) is 0 Å². The van der Waals surface area contributed by atoms with Crippen LogP contribution in [0.15, 0.2) is 30.3 Å². The molecule has 1 aliphatic rings. The van der Waals surface area contributed by atoms with Gasteiger partial charge in [0.05, 0.1) is 5.56 Å². The maximum Gasteiger partial charge on any atom is 0.248 e. The molecule has 1 fully saturated rings. The van der Waals surface area contributed by atoms with Gasteiger partial charge in [-0.05, 0) is 49.4 Å². The summed E-state index contributed by atoms with van der Waals surface area (Å²) in [6.07, 6.45) is 2.19. The molecule has 1 saturated carbocycles. The van der Waals surface area contributed by atoms with Crippen molar-refractivity contribution in [2.45, 2.75) is 44.4 Å². The first-order valence-electron chi connectivity index (χ1n) is 9.21. The van der Waals surface area contributed by atoms with Gasteiger partial charge in [0.1, 0.15) is 11.6 Å². The minimum atomic E-state index is -2.76. The fourth-order valence-electron chi connectivity index (χ4n) is 3.45. The molecule has 3 rings (SSSR count). The van der Waals surface area contributed by atoms with Crippen molar-refractivity contribution in [2.24, 2.45) is 0 Å². The largest absolute Gasteiger partial charge is 0.248 e. The molecule has 2 aromatic rings. The number of allylic oxidation sites excluding steroid dienone is 1. The van der Waals surface area contributed by atoms with Crippen molar-refractivity contribution in [1.29, 1.82) is 0 Å². The maximum absolute atomic E-state index is 14.5. The molecular formula is C23H18F6. The molecule has 29 heavy (non-hydrogen) atoms. The summed E-state index contributed by atoms with van der Waals surface area (Å²) in [6, 6.07) is 4.62. The Balaban J connectivity index is 1.86. The van der Waals surface area contributed by atoms with Crippen molar-refractivity contribution in [2.75, 3.05) is 0 Å². The summed E-state index contributed by atoms with van der Waals surface area (Å²) in [6.45, 7) is 1.62. The van der Waals surface area contributed by atoms with E-state index >= 15 is 0 Å². The van der Waals surface area contributed by atoms with Crippen molar-refractivity contribution >= 4 is 6.08 Å². The van der Waals surface area contributed by atoms with E-state index in [9.17, 15) is 26.3 Å². The van der Waals surface area contributed by atoms with Gasteiger partial charge < -0.3 is 0 Å². The third-order valence-corrected chi connectivity index (χ3v) is 5.02. The van der Waals surface area contributed by atoms with Crippen molar-refractivity contribution in [1.82, 2.24) is 0 Å². The molecule has 0 heterocycles. The summed E-state index contributed by atoms with van der Waals surface area (Å²) >= 11 is 0. The first-order chi connectivity index (χ1) is 13.7. The van der Waals surface area contributed by atoms with Crippen LogP contribution in [0.2, 0.25) is 0 Å². The summed E-state index contributed by atoms with van der Waals surface area (Å²) in [5.41, 5.74) is -0.452. The Labute approximate surface area is 165 Å². The Kier molecular flexibility index (Phi) is 6.07. The quantitative estimate of drug-likeness (QED) is 0.372. The summed E-state index contributed by atoms with van der Waals surface area (Å²) in [4.78, 5) is 0. The highest BCUT2D eigenvalue weighted by molar-refractivity contribution is 5.54. The number of hydrogen-bond acceptors (Lipinski definition) is 0. The van der Waals surface area contributed by atoms with Gasteiger partial charge in [-0.15, -0.1) is 0 Å². The molecule has 0 aromatic heterocycles. The van der Waals surface area contributed by atoms with E-state index in [-0.39, 0.29) is 47.9 Å². The molecule has 0 amide bonds. The number of halogens is 6. The SMILES string of the molecule is C/C=C/c1c(F)cc(C#Cc2ccc(C3CCC(F)(F)CC3)c(F)c2F)cc1F. The average Bonchev–Trinajstić information content (AvgIpc) is 2.66. The summed E-state index contributed by atoms with van der Waals surface area (Å²) in [7, 11) is 0. The normalized spacial score (nSPS) is 16.7. The number of alkyl halides is 2. The smallest absolute Gasteiger partial charge is 0.207 e. The van der Waals surface area contributed by atoms with Crippen LogP contribution in [0.3, 0.4) is 0 Å². The van der Waals surface area contributed by atoms with E-state index < -0.39 is 35.1 Å². The van der Waals surface area contributed by atoms with Crippen molar-refractivity contribution < 1.29 is 26.3 Å². The van der Waals surface area contributed by atoms with Gasteiger partial charge in [0.25, 0.3) is 0 Å². The molecule has 0 aliphatic heterocycles. The van der Waals surface area contributed by atoms with Crippen LogP contribution in [-0.4, -0.2) is 5.92 Å². The zero-order valence-electron chi connectivity index (χ0n) is 15.6. The van der Waals surface area contributed by atoms with Crippen LogP contribution < -0.4 is 0 Å². The third-order valence-electron chi connectivity index (χ3n) is 5.02. The molecule has 0 radical (unpaired) electrons. The molecule has 0 unspecified atom stereocenters. The Morgan fingerprint density at radius 2 is 1.55 bits per heavy atom. The second kappa shape index (κ2) is 8.36. The minimum absolute atomic E-state index is 0.0216. The predicted molar refractivity (Wildman–Crippen MR) is 99.6 cm³/mol. The van der Waals surface area contributed by atoms with E-state index in [1.807, 2.05) is 0 Å². The molecule has 2 aromatic carbocycles. The molecular weight excluding hydrogens is 390 g/mol. The van der Waals surface area contributed by atoms with Crippen LogP contribution in [0.1, 0.15) is 60.8 Å². The Bertz CT molecular complexity index is 977. The Morgan fingerprint density at radius 1 is 0.931 bits per heavy atom. The van der Waals surface area contributed by atoms with Crippen LogP contribution in [0, 0.1) is 35.1 Å². The summed E-state index contributed by atoms with van der Waals surface area (Å²) in [5.74, 6) is -2.37. The van der Waals surface area contributed by atoms with Crippen LogP contribution in [0.4, 0.5) is 26.3 Å². The van der Waals surface area contributed by atoms with E-state index in [0.29, 0.717) is 0 Å². The molecule has 0 saturated heterocycles. The fourth-order valence-corrected chi connectivity index (χ4v) is 3.45. The van der Waals surface area contributed by atoms with Crippen molar-refractivity contribution in [3.63, 3.8) is 0 Å². The van der Waals surface area contributed by atoms with E-state index in [1.165, 1.54) is 24.3 Å². The third kappa shape index (κ3) is 4.67. The monoisotopic (exact) mass is 408 g/mol. The van der Waals surface area contributed by atoms with E-state index in [4.69, 9.17) is 0 Å². The zero-order chi connectivity index (χ0) is 21.2. The van der Waals surface area contributed by atoms with Gasteiger partial charge in [-0.25, -0.2) is 26.3 Å². The molecule has 0 spiro atoms. The lowest BCUT2D eigenvalue weighted by Gasteiger charge is -2.28. The number of benzene rings is 2. The predicted octanol–water partition coefficient (Wildman–Crippen LogP) is 6.97. The van der Waals surface area contributed by atoms with Crippen LogP contribution in [0.25, 0.3) is 6.08 Å². The molecule has 0 bridgehead atoms. The van der Waals surface area contributed by atoms with Gasteiger partial charge in [0, 0.05) is 24.0 Å². The minimum Gasteiger partial charge on any atom is -0.207 e. The van der Waals surface area contributed by atoms with Gasteiger partial charge in [0.2, 0.25) is 5.92 Å². The average molecular weight is 408 g/mol. The summed E-state index contributed by atoms with van der Waals surface area (Å²) < 4.78 is 83.3. The fraction of sp³-hybridized carbons (Fsp3) is 0.304.